The van der Waals surface area contributed by atoms with Gasteiger partial charge in [0.25, 0.3) is 5.24 Å². The van der Waals surface area contributed by atoms with Crippen LogP contribution in [-0.4, -0.2) is 26.3 Å². The number of aromatic hydroxyl groups is 1. The standard InChI is InChI=1S/C20H19NO2S.C12H11ClO2.C7H7NS/c1-4-14-10-12(2)16(13(3)11-14)17-18(22)21-19(24-20(17)23)15-8-6-5-7-9-15;1-7-4-8(2)11(9(3)5-7)10(6-14)12(13)15;8-7(9)6-4-2-1-3-5-6/h5-11,22H,4H2,1-3H3;4-5H,1-3H3;1-5H,(H2,8,9). The number of benzene rings is 4. The van der Waals surface area contributed by atoms with Gasteiger partial charge in [-0.25, -0.2) is 9.78 Å². The van der Waals surface area contributed by atoms with Crippen LogP contribution in [0.15, 0.2) is 89.7 Å². The van der Waals surface area contributed by atoms with Gasteiger partial charge in [0.05, 0.1) is 0 Å². The summed E-state index contributed by atoms with van der Waals surface area (Å²) in [5.74, 6) is 1.40. The molecule has 0 bridgehead atoms. The molecule has 5 aromatic rings. The number of carbonyl (C=O) groups is 1. The van der Waals surface area contributed by atoms with Gasteiger partial charge in [-0.3, -0.25) is 9.59 Å². The highest BCUT2D eigenvalue weighted by Gasteiger charge is 2.19. The Morgan fingerprint density at radius 1 is 0.875 bits per heavy atom. The van der Waals surface area contributed by atoms with Gasteiger partial charge in [-0.05, 0) is 86.0 Å². The van der Waals surface area contributed by atoms with Crippen LogP contribution in [0, 0.1) is 34.6 Å². The van der Waals surface area contributed by atoms with Crippen molar-refractivity contribution in [3.8, 4) is 27.6 Å². The maximum Gasteiger partial charge on any atom is 0.264 e. The van der Waals surface area contributed by atoms with Crippen LogP contribution in [0.4, 0.5) is 0 Å². The maximum absolute atomic E-state index is 12.7. The van der Waals surface area contributed by atoms with Crippen molar-refractivity contribution in [3.63, 3.8) is 0 Å². The Hall–Kier alpha value is -4.72. The third-order valence-corrected chi connectivity index (χ3v) is 8.71. The van der Waals surface area contributed by atoms with Crippen LogP contribution >= 0.6 is 35.2 Å². The fraction of sp³-hybridized carbons (Fsp3) is 0.179. The molecule has 0 aliphatic carbocycles. The molecule has 1 aromatic heterocycles. The Bertz CT molecular complexity index is 2010. The number of hydrogen-bond acceptors (Lipinski definition) is 7. The van der Waals surface area contributed by atoms with Crippen molar-refractivity contribution < 1.29 is 14.7 Å². The lowest BCUT2D eigenvalue weighted by atomic mass is 9.94. The predicted octanol–water partition coefficient (Wildman–Crippen LogP) is 8.64. The molecule has 1 heterocycles. The highest BCUT2D eigenvalue weighted by Crippen LogP contribution is 2.34. The van der Waals surface area contributed by atoms with Crippen LogP contribution in [0.2, 0.25) is 0 Å². The summed E-state index contributed by atoms with van der Waals surface area (Å²) in [5, 5.41) is 10.2. The molecule has 0 saturated carbocycles. The second kappa shape index (κ2) is 17.4. The molecule has 0 fully saturated rings. The number of thiocarbonyl (C=S) groups is 1. The number of hydrogen-bond donors (Lipinski definition) is 2. The van der Waals surface area contributed by atoms with Gasteiger partial charge in [-0.2, -0.15) is 0 Å². The van der Waals surface area contributed by atoms with E-state index in [2.05, 4.69) is 24.0 Å². The molecule has 0 spiro atoms. The lowest BCUT2D eigenvalue weighted by Crippen LogP contribution is -2.08. The molecular weight excluding hydrogens is 660 g/mol. The first-order valence-corrected chi connectivity index (χ1v) is 16.7. The van der Waals surface area contributed by atoms with Crippen molar-refractivity contribution in [2.24, 2.45) is 5.73 Å². The van der Waals surface area contributed by atoms with Crippen LogP contribution in [0.1, 0.15) is 51.4 Å². The van der Waals surface area contributed by atoms with Gasteiger partial charge in [0, 0.05) is 16.7 Å². The highest BCUT2D eigenvalue weighted by atomic mass is 35.5. The van der Waals surface area contributed by atoms with E-state index >= 15 is 0 Å². The second-order valence-corrected chi connectivity index (χ2v) is 12.8. The Kier molecular flexibility index (Phi) is 13.7. The summed E-state index contributed by atoms with van der Waals surface area (Å²) in [7, 11) is 0. The Labute approximate surface area is 295 Å². The number of rotatable bonds is 6. The third kappa shape index (κ3) is 9.66. The molecule has 48 heavy (non-hydrogen) atoms. The van der Waals surface area contributed by atoms with Crippen LogP contribution in [0.5, 0.6) is 5.88 Å². The summed E-state index contributed by atoms with van der Waals surface area (Å²) >= 11 is 11.1. The van der Waals surface area contributed by atoms with E-state index in [1.54, 1.807) is 5.94 Å². The fourth-order valence-corrected chi connectivity index (χ4v) is 6.47. The molecule has 0 atom stereocenters. The minimum absolute atomic E-state index is 0.0910. The summed E-state index contributed by atoms with van der Waals surface area (Å²) in [5.41, 5.74) is 14.7. The monoisotopic (exact) mass is 696 g/mol. The molecule has 0 unspecified atom stereocenters. The first-order valence-electron chi connectivity index (χ1n) is 15.1. The van der Waals surface area contributed by atoms with E-state index in [0.29, 0.717) is 21.1 Å². The summed E-state index contributed by atoms with van der Waals surface area (Å²) in [6, 6.07) is 26.9. The number of halogens is 1. The summed E-state index contributed by atoms with van der Waals surface area (Å²) in [6.45, 7) is 11.7. The first-order chi connectivity index (χ1) is 22.8. The minimum Gasteiger partial charge on any atom is -0.493 e. The third-order valence-electron chi connectivity index (χ3n) is 7.38. The second-order valence-electron chi connectivity index (χ2n) is 11.1. The van der Waals surface area contributed by atoms with Crippen LogP contribution in [0.3, 0.4) is 0 Å². The van der Waals surface area contributed by atoms with E-state index in [0.717, 1.165) is 62.3 Å². The number of nitrogens with zero attached hydrogens (tertiary/aromatic N) is 1. The number of aryl methyl sites for hydroxylation is 6. The first kappa shape index (κ1) is 37.7. The van der Waals surface area contributed by atoms with E-state index in [-0.39, 0.29) is 16.2 Å². The van der Waals surface area contributed by atoms with E-state index < -0.39 is 5.24 Å². The van der Waals surface area contributed by atoms with Crippen molar-refractivity contribution in [1.29, 1.82) is 0 Å². The van der Waals surface area contributed by atoms with Gasteiger partial charge < -0.3 is 10.8 Å². The number of allylic oxidation sites excluding steroid dienone is 1. The van der Waals surface area contributed by atoms with Crippen LogP contribution in [-0.2, 0) is 16.0 Å². The molecule has 0 aliphatic heterocycles. The minimum atomic E-state index is -0.764. The zero-order chi connectivity index (χ0) is 35.5. The molecule has 9 heteroatoms. The zero-order valence-electron chi connectivity index (χ0n) is 27.7. The lowest BCUT2D eigenvalue weighted by Gasteiger charge is -2.13. The Morgan fingerprint density at radius 2 is 1.40 bits per heavy atom. The molecule has 4 aromatic carbocycles. The number of carbonyl (C=O) groups excluding carboxylic acids is 2. The molecule has 3 N–H and O–H groups in total. The molecule has 246 valence electrons. The average Bonchev–Trinajstić information content (AvgIpc) is 3.04. The Morgan fingerprint density at radius 3 is 1.81 bits per heavy atom. The molecule has 6 nitrogen and oxygen atoms in total. The van der Waals surface area contributed by atoms with E-state index in [4.69, 9.17) is 29.6 Å². The SMILES string of the molecule is CCc1cc(C)c(-c2c(O)nc(-c3ccccc3)sc2=O)c(C)c1.Cc1cc(C)c(C(=C=O)C(=O)Cl)c(C)c1.NC(=S)c1ccccc1. The zero-order valence-corrected chi connectivity index (χ0v) is 30.1. The van der Waals surface area contributed by atoms with E-state index in [1.165, 1.54) is 5.56 Å². The van der Waals surface area contributed by atoms with Crippen molar-refractivity contribution in [2.45, 2.75) is 48.0 Å². The number of nitrogens with two attached hydrogens (primary N) is 1. The number of aromatic nitrogens is 1. The van der Waals surface area contributed by atoms with E-state index in [1.807, 2.05) is 107 Å². The molecular formula is C39H37ClN2O4S2. The predicted molar refractivity (Wildman–Crippen MR) is 203 cm³/mol. The summed E-state index contributed by atoms with van der Waals surface area (Å²) < 4.78 is -0.170. The van der Waals surface area contributed by atoms with Gasteiger partial charge in [-0.1, -0.05) is 121 Å². The molecule has 0 aliphatic rings. The molecule has 0 amide bonds. The van der Waals surface area contributed by atoms with Gasteiger partial charge in [0.2, 0.25) is 10.6 Å². The quantitative estimate of drug-likeness (QED) is 0.0791. The Balaban J connectivity index is 0.000000221. The van der Waals surface area contributed by atoms with E-state index in [9.17, 15) is 19.5 Å². The molecule has 0 radical (unpaired) electrons. The van der Waals surface area contributed by atoms with Crippen LogP contribution in [0.25, 0.3) is 27.3 Å². The van der Waals surface area contributed by atoms with Crippen molar-refractivity contribution >= 4 is 56.9 Å². The normalized spacial score (nSPS) is 10.1. The van der Waals surface area contributed by atoms with Crippen molar-refractivity contribution in [3.05, 3.63) is 139 Å². The van der Waals surface area contributed by atoms with Gasteiger partial charge >= 0.3 is 0 Å². The largest absolute Gasteiger partial charge is 0.493 e. The maximum atomic E-state index is 12.7. The fourth-order valence-electron chi connectivity index (χ4n) is 5.34. The van der Waals surface area contributed by atoms with Gasteiger partial charge in [0.1, 0.15) is 27.1 Å². The van der Waals surface area contributed by atoms with Crippen molar-refractivity contribution in [1.82, 2.24) is 4.98 Å². The lowest BCUT2D eigenvalue weighted by molar-refractivity contribution is -0.106. The topological polar surface area (TPSA) is 110 Å². The molecule has 5 rings (SSSR count). The molecule has 0 saturated heterocycles. The van der Waals surface area contributed by atoms with Crippen LogP contribution < -0.4 is 10.5 Å². The summed E-state index contributed by atoms with van der Waals surface area (Å²) in [6.07, 6.45) is 0.937. The smallest absolute Gasteiger partial charge is 0.264 e. The summed E-state index contributed by atoms with van der Waals surface area (Å²) in [4.78, 5) is 39.1. The average molecular weight is 697 g/mol. The highest BCUT2D eigenvalue weighted by molar-refractivity contribution is 7.80. The van der Waals surface area contributed by atoms with Gasteiger partial charge in [-0.15, -0.1) is 0 Å². The van der Waals surface area contributed by atoms with Crippen molar-refractivity contribution in [2.75, 3.05) is 0 Å². The van der Waals surface area contributed by atoms with Gasteiger partial charge in [0.15, 0.2) is 0 Å².